The summed E-state index contributed by atoms with van der Waals surface area (Å²) in [6.07, 6.45) is 2.78. The first-order valence-corrected chi connectivity index (χ1v) is 8.78. The van der Waals surface area contributed by atoms with E-state index >= 15 is 0 Å². The molecule has 2 rings (SSSR count). The molecule has 0 atom stereocenters. The van der Waals surface area contributed by atoms with Gasteiger partial charge < -0.3 is 4.90 Å². The third-order valence-corrected chi connectivity index (χ3v) is 5.24. The lowest BCUT2D eigenvalue weighted by Crippen LogP contribution is -2.44. The number of rotatable bonds is 5. The van der Waals surface area contributed by atoms with Crippen LogP contribution in [0.5, 0.6) is 0 Å². The molecule has 0 aromatic heterocycles. The molecule has 1 aliphatic rings. The van der Waals surface area contributed by atoms with Crippen molar-refractivity contribution >= 4 is 10.0 Å². The number of sulfonamides is 1. The lowest BCUT2D eigenvalue weighted by atomic mass is 10.1. The van der Waals surface area contributed by atoms with Crippen LogP contribution in [0.15, 0.2) is 29.2 Å². The van der Waals surface area contributed by atoms with E-state index in [0.29, 0.717) is 5.56 Å². The summed E-state index contributed by atoms with van der Waals surface area (Å²) in [5.74, 6) is 0. The maximum atomic E-state index is 12.3. The summed E-state index contributed by atoms with van der Waals surface area (Å²) in [6.45, 7) is 5.08. The van der Waals surface area contributed by atoms with Crippen molar-refractivity contribution in [2.75, 3.05) is 19.6 Å². The average Bonchev–Trinajstić information content (AvgIpc) is 2.49. The molecule has 1 saturated heterocycles. The molecule has 0 saturated carbocycles. The molecule has 1 aliphatic heterocycles. The van der Waals surface area contributed by atoms with Crippen molar-refractivity contribution in [2.45, 2.75) is 37.1 Å². The molecule has 1 N–H and O–H groups in total. The number of likely N-dealkylation sites (tertiary alicyclic amines) is 1. The lowest BCUT2D eigenvalue weighted by Gasteiger charge is -2.31. The van der Waals surface area contributed by atoms with Crippen LogP contribution in [0.2, 0.25) is 0 Å². The van der Waals surface area contributed by atoms with E-state index in [2.05, 4.69) is 16.5 Å². The highest BCUT2D eigenvalue weighted by molar-refractivity contribution is 7.89. The van der Waals surface area contributed by atoms with Gasteiger partial charge in [-0.25, -0.2) is 13.1 Å². The highest BCUT2D eigenvalue weighted by atomic mass is 32.2. The van der Waals surface area contributed by atoms with Gasteiger partial charge in [0.2, 0.25) is 10.0 Å². The zero-order valence-corrected chi connectivity index (χ0v) is 13.1. The molecule has 6 heteroatoms. The number of benzene rings is 1. The molecular formula is C15H21N3O2S. The summed E-state index contributed by atoms with van der Waals surface area (Å²) >= 11 is 0. The first kappa shape index (κ1) is 16.0. The summed E-state index contributed by atoms with van der Waals surface area (Å²) in [4.78, 5) is 2.53. The number of nitrogens with zero attached hydrogens (tertiary/aromatic N) is 2. The van der Waals surface area contributed by atoms with Gasteiger partial charge in [0, 0.05) is 6.04 Å². The van der Waals surface area contributed by atoms with Gasteiger partial charge in [-0.05, 0) is 57.1 Å². The molecule has 0 aliphatic carbocycles. The monoisotopic (exact) mass is 307 g/mol. The van der Waals surface area contributed by atoms with Gasteiger partial charge in [-0.15, -0.1) is 0 Å². The van der Waals surface area contributed by atoms with Gasteiger partial charge in [-0.3, -0.25) is 0 Å². The first-order valence-electron chi connectivity index (χ1n) is 7.30. The minimum Gasteiger partial charge on any atom is -0.303 e. The second-order valence-electron chi connectivity index (χ2n) is 5.38. The predicted molar refractivity (Wildman–Crippen MR) is 81.2 cm³/mol. The zero-order chi connectivity index (χ0) is 15.3. The summed E-state index contributed by atoms with van der Waals surface area (Å²) < 4.78 is 27.4. The molecule has 1 fully saturated rings. The van der Waals surface area contributed by atoms with Crippen molar-refractivity contribution in [2.24, 2.45) is 0 Å². The van der Waals surface area contributed by atoms with E-state index in [1.54, 1.807) is 12.1 Å². The fourth-order valence-corrected chi connectivity index (χ4v) is 3.96. The molecule has 1 aromatic carbocycles. The third kappa shape index (κ3) is 4.27. The van der Waals surface area contributed by atoms with Crippen molar-refractivity contribution in [1.29, 1.82) is 5.26 Å². The quantitative estimate of drug-likeness (QED) is 0.899. The van der Waals surface area contributed by atoms with E-state index in [-0.39, 0.29) is 10.9 Å². The average molecular weight is 307 g/mol. The molecule has 1 heterocycles. The SMILES string of the molecule is CCCN1CCC(NS(=O)(=O)c2cccc(C#N)c2)CC1. The summed E-state index contributed by atoms with van der Waals surface area (Å²) in [6, 6.07) is 8.07. The van der Waals surface area contributed by atoms with Crippen molar-refractivity contribution in [3.05, 3.63) is 29.8 Å². The minimum absolute atomic E-state index is 0.0196. The molecule has 0 bridgehead atoms. The maximum absolute atomic E-state index is 12.3. The largest absolute Gasteiger partial charge is 0.303 e. The van der Waals surface area contributed by atoms with Crippen LogP contribution in [0, 0.1) is 11.3 Å². The van der Waals surface area contributed by atoms with Gasteiger partial charge in [-0.1, -0.05) is 13.0 Å². The fraction of sp³-hybridized carbons (Fsp3) is 0.533. The Morgan fingerprint density at radius 3 is 2.71 bits per heavy atom. The highest BCUT2D eigenvalue weighted by Gasteiger charge is 2.24. The predicted octanol–water partition coefficient (Wildman–Crippen LogP) is 1.71. The molecular weight excluding hydrogens is 286 g/mol. The molecule has 0 unspecified atom stereocenters. The zero-order valence-electron chi connectivity index (χ0n) is 12.2. The second-order valence-corrected chi connectivity index (χ2v) is 7.09. The van der Waals surface area contributed by atoms with Crippen LogP contribution in [0.3, 0.4) is 0 Å². The van der Waals surface area contributed by atoms with E-state index in [1.807, 2.05) is 6.07 Å². The van der Waals surface area contributed by atoms with Crippen LogP contribution < -0.4 is 4.72 Å². The van der Waals surface area contributed by atoms with Gasteiger partial charge >= 0.3 is 0 Å². The lowest BCUT2D eigenvalue weighted by molar-refractivity contribution is 0.208. The van der Waals surface area contributed by atoms with Gasteiger partial charge in [0.15, 0.2) is 0 Å². The van der Waals surface area contributed by atoms with E-state index < -0.39 is 10.0 Å². The fourth-order valence-electron chi connectivity index (χ4n) is 2.61. The van der Waals surface area contributed by atoms with Crippen LogP contribution in [0.4, 0.5) is 0 Å². The molecule has 1 aromatic rings. The van der Waals surface area contributed by atoms with Gasteiger partial charge in [0.25, 0.3) is 0 Å². The van der Waals surface area contributed by atoms with Crippen molar-refractivity contribution in [3.8, 4) is 6.07 Å². The van der Waals surface area contributed by atoms with Crippen molar-refractivity contribution in [3.63, 3.8) is 0 Å². The summed E-state index contributed by atoms with van der Waals surface area (Å²) in [5, 5.41) is 8.86. The van der Waals surface area contributed by atoms with Crippen LogP contribution in [-0.4, -0.2) is 39.0 Å². The molecule has 0 spiro atoms. The standard InChI is InChI=1S/C15H21N3O2S/c1-2-8-18-9-6-14(7-10-18)17-21(19,20)15-5-3-4-13(11-15)12-16/h3-5,11,14,17H,2,6-10H2,1H3. The number of nitrogens with one attached hydrogen (secondary N) is 1. The number of hydrogen-bond acceptors (Lipinski definition) is 4. The Hall–Kier alpha value is -1.42. The summed E-state index contributed by atoms with van der Waals surface area (Å²) in [7, 11) is -3.54. The molecule has 5 nitrogen and oxygen atoms in total. The van der Waals surface area contributed by atoms with Crippen LogP contribution in [-0.2, 0) is 10.0 Å². The van der Waals surface area contributed by atoms with Crippen LogP contribution >= 0.6 is 0 Å². The van der Waals surface area contributed by atoms with Crippen molar-refractivity contribution < 1.29 is 8.42 Å². The van der Waals surface area contributed by atoms with Gasteiger partial charge in [-0.2, -0.15) is 5.26 Å². The Morgan fingerprint density at radius 1 is 1.38 bits per heavy atom. The number of hydrogen-bond donors (Lipinski definition) is 1. The van der Waals surface area contributed by atoms with Crippen LogP contribution in [0.1, 0.15) is 31.7 Å². The van der Waals surface area contributed by atoms with Crippen molar-refractivity contribution in [1.82, 2.24) is 9.62 Å². The van der Waals surface area contributed by atoms with E-state index in [1.165, 1.54) is 12.1 Å². The molecule has 114 valence electrons. The third-order valence-electron chi connectivity index (χ3n) is 3.72. The van der Waals surface area contributed by atoms with Crippen LogP contribution in [0.25, 0.3) is 0 Å². The Kier molecular flexibility index (Phi) is 5.34. The Balaban J connectivity index is 2.00. The van der Waals surface area contributed by atoms with E-state index in [0.717, 1.165) is 38.9 Å². The second kappa shape index (κ2) is 7.03. The highest BCUT2D eigenvalue weighted by Crippen LogP contribution is 2.16. The summed E-state index contributed by atoms with van der Waals surface area (Å²) in [5.41, 5.74) is 0.357. The molecule has 21 heavy (non-hydrogen) atoms. The smallest absolute Gasteiger partial charge is 0.240 e. The normalized spacial score (nSPS) is 17.5. The van der Waals surface area contributed by atoms with Gasteiger partial charge in [0.1, 0.15) is 0 Å². The number of nitriles is 1. The first-order chi connectivity index (χ1) is 10.0. The minimum atomic E-state index is -3.54. The Bertz CT molecular complexity index is 614. The maximum Gasteiger partial charge on any atom is 0.240 e. The Morgan fingerprint density at radius 2 is 2.10 bits per heavy atom. The topological polar surface area (TPSA) is 73.2 Å². The van der Waals surface area contributed by atoms with E-state index in [4.69, 9.17) is 5.26 Å². The molecule has 0 amide bonds. The Labute approximate surface area is 126 Å². The number of piperidine rings is 1. The van der Waals surface area contributed by atoms with E-state index in [9.17, 15) is 8.42 Å². The molecule has 0 radical (unpaired) electrons. The van der Waals surface area contributed by atoms with Gasteiger partial charge in [0.05, 0.1) is 16.5 Å².